The lowest BCUT2D eigenvalue weighted by Gasteiger charge is -2.22. The normalized spacial score (nSPS) is 11.0. The van der Waals surface area contributed by atoms with Crippen LogP contribution in [0, 0.1) is 6.92 Å². The van der Waals surface area contributed by atoms with E-state index in [1.165, 1.54) is 10.4 Å². The van der Waals surface area contributed by atoms with Crippen molar-refractivity contribution in [2.45, 2.75) is 20.4 Å². The average Bonchev–Trinajstić information content (AvgIpc) is 2.85. The number of anilines is 2. The molecule has 5 heteroatoms. The molecule has 108 valence electrons. The zero-order valence-corrected chi connectivity index (χ0v) is 13.0. The number of fused-ring (bicyclic) bond motifs is 1. The number of nitrogen functional groups attached to an aromatic ring is 1. The summed E-state index contributed by atoms with van der Waals surface area (Å²) in [5.41, 5.74) is 7.85. The van der Waals surface area contributed by atoms with Crippen molar-refractivity contribution in [1.29, 1.82) is 0 Å². The summed E-state index contributed by atoms with van der Waals surface area (Å²) in [4.78, 5) is 13.4. The summed E-state index contributed by atoms with van der Waals surface area (Å²) in [5, 5.41) is 1.13. The fourth-order valence-electron chi connectivity index (χ4n) is 2.46. The Balaban J connectivity index is 1.98. The van der Waals surface area contributed by atoms with Gasteiger partial charge in [-0.05, 0) is 37.6 Å². The number of benzene rings is 1. The van der Waals surface area contributed by atoms with Gasteiger partial charge in [0.25, 0.3) is 0 Å². The Hall–Kier alpha value is -2.14. The van der Waals surface area contributed by atoms with Crippen molar-refractivity contribution in [3.05, 3.63) is 47.1 Å². The maximum absolute atomic E-state index is 5.87. The van der Waals surface area contributed by atoms with Gasteiger partial charge in [0.05, 0.1) is 5.39 Å². The van der Waals surface area contributed by atoms with Gasteiger partial charge in [-0.15, -0.1) is 11.3 Å². The molecule has 2 heterocycles. The number of aryl methyl sites for hydroxylation is 1. The van der Waals surface area contributed by atoms with Crippen LogP contribution in [0.3, 0.4) is 0 Å². The molecule has 3 aromatic rings. The molecule has 0 aliphatic heterocycles. The molecule has 0 unspecified atom stereocenters. The van der Waals surface area contributed by atoms with Crippen molar-refractivity contribution in [3.63, 3.8) is 0 Å². The quantitative estimate of drug-likeness (QED) is 0.748. The molecule has 0 amide bonds. The minimum absolute atomic E-state index is 0.794. The van der Waals surface area contributed by atoms with Gasteiger partial charge in [0.2, 0.25) is 0 Å². The molecule has 1 aromatic carbocycles. The van der Waals surface area contributed by atoms with Gasteiger partial charge in [-0.1, -0.05) is 12.1 Å². The third-order valence-electron chi connectivity index (χ3n) is 3.44. The lowest BCUT2D eigenvalue weighted by atomic mass is 10.2. The largest absolute Gasteiger partial charge is 0.399 e. The number of rotatable bonds is 4. The van der Waals surface area contributed by atoms with Crippen LogP contribution in [0.5, 0.6) is 0 Å². The number of nitrogens with zero attached hydrogens (tertiary/aromatic N) is 3. The Bertz CT molecular complexity index is 766. The van der Waals surface area contributed by atoms with E-state index in [4.69, 9.17) is 5.73 Å². The lowest BCUT2D eigenvalue weighted by molar-refractivity contribution is 0.817. The van der Waals surface area contributed by atoms with Crippen LogP contribution in [-0.2, 0) is 6.54 Å². The summed E-state index contributed by atoms with van der Waals surface area (Å²) in [6, 6.07) is 10.2. The molecule has 0 spiro atoms. The molecule has 0 fully saturated rings. The van der Waals surface area contributed by atoms with E-state index in [0.717, 1.165) is 34.8 Å². The van der Waals surface area contributed by atoms with Crippen LogP contribution in [0.25, 0.3) is 10.2 Å². The molecule has 2 aromatic heterocycles. The predicted molar refractivity (Wildman–Crippen MR) is 89.7 cm³/mol. The van der Waals surface area contributed by atoms with E-state index in [-0.39, 0.29) is 0 Å². The summed E-state index contributed by atoms with van der Waals surface area (Å²) in [6.07, 6.45) is 1.65. The molecule has 0 bridgehead atoms. The summed E-state index contributed by atoms with van der Waals surface area (Å²) >= 11 is 1.71. The Morgan fingerprint density at radius 1 is 1.24 bits per heavy atom. The van der Waals surface area contributed by atoms with Gasteiger partial charge in [0.15, 0.2) is 0 Å². The standard InChI is InChI=1S/C16H18N4S/c1-3-20(9-12-5-4-6-13(17)8-12)15-14-7-11(2)21-16(14)19-10-18-15/h4-8,10H,3,9,17H2,1-2H3. The molecule has 0 atom stereocenters. The molecule has 4 nitrogen and oxygen atoms in total. The molecule has 21 heavy (non-hydrogen) atoms. The van der Waals surface area contributed by atoms with E-state index in [1.54, 1.807) is 17.7 Å². The molecule has 0 saturated heterocycles. The molecule has 0 aliphatic carbocycles. The first-order valence-electron chi connectivity index (χ1n) is 6.98. The monoisotopic (exact) mass is 298 g/mol. The molecule has 0 aliphatic rings. The molecule has 0 saturated carbocycles. The lowest BCUT2D eigenvalue weighted by Crippen LogP contribution is -2.23. The average molecular weight is 298 g/mol. The topological polar surface area (TPSA) is 55.0 Å². The van der Waals surface area contributed by atoms with Crippen LogP contribution in [0.2, 0.25) is 0 Å². The second-order valence-electron chi connectivity index (χ2n) is 5.03. The predicted octanol–water partition coefficient (Wildman–Crippen LogP) is 3.61. The molecule has 2 N–H and O–H groups in total. The van der Waals surface area contributed by atoms with E-state index >= 15 is 0 Å². The van der Waals surface area contributed by atoms with Crippen LogP contribution in [0.1, 0.15) is 17.4 Å². The van der Waals surface area contributed by atoms with Crippen LogP contribution in [-0.4, -0.2) is 16.5 Å². The van der Waals surface area contributed by atoms with Gasteiger partial charge >= 0.3 is 0 Å². The van der Waals surface area contributed by atoms with Crippen LogP contribution in [0.4, 0.5) is 11.5 Å². The van der Waals surface area contributed by atoms with Gasteiger partial charge in [0.1, 0.15) is 17.0 Å². The van der Waals surface area contributed by atoms with Crippen molar-refractivity contribution in [3.8, 4) is 0 Å². The van der Waals surface area contributed by atoms with Gasteiger partial charge < -0.3 is 10.6 Å². The first kappa shape index (κ1) is 13.8. The van der Waals surface area contributed by atoms with E-state index < -0.39 is 0 Å². The van der Waals surface area contributed by atoms with Gasteiger partial charge in [-0.2, -0.15) is 0 Å². The van der Waals surface area contributed by atoms with Crippen LogP contribution >= 0.6 is 11.3 Å². The Morgan fingerprint density at radius 2 is 2.10 bits per heavy atom. The molecular weight excluding hydrogens is 280 g/mol. The number of hydrogen-bond acceptors (Lipinski definition) is 5. The fourth-order valence-corrected chi connectivity index (χ4v) is 3.31. The second-order valence-corrected chi connectivity index (χ2v) is 6.27. The van der Waals surface area contributed by atoms with E-state index in [9.17, 15) is 0 Å². The number of nitrogens with two attached hydrogens (primary N) is 1. The van der Waals surface area contributed by atoms with Crippen molar-refractivity contribution in [2.75, 3.05) is 17.2 Å². The third kappa shape index (κ3) is 2.83. The zero-order chi connectivity index (χ0) is 14.8. The third-order valence-corrected chi connectivity index (χ3v) is 4.40. The SMILES string of the molecule is CCN(Cc1cccc(N)c1)c1ncnc2sc(C)cc12. The molecule has 0 radical (unpaired) electrons. The Kier molecular flexibility index (Phi) is 3.75. The molecule has 3 rings (SSSR count). The van der Waals surface area contributed by atoms with Crippen LogP contribution < -0.4 is 10.6 Å². The highest BCUT2D eigenvalue weighted by atomic mass is 32.1. The maximum atomic E-state index is 5.87. The smallest absolute Gasteiger partial charge is 0.141 e. The first-order valence-corrected chi connectivity index (χ1v) is 7.79. The molecular formula is C16H18N4S. The van der Waals surface area contributed by atoms with Gasteiger partial charge in [-0.25, -0.2) is 9.97 Å². The van der Waals surface area contributed by atoms with Crippen molar-refractivity contribution in [2.24, 2.45) is 0 Å². The van der Waals surface area contributed by atoms with Crippen molar-refractivity contribution >= 4 is 33.1 Å². The number of hydrogen-bond donors (Lipinski definition) is 1. The number of aromatic nitrogens is 2. The van der Waals surface area contributed by atoms with Gasteiger partial charge in [-0.3, -0.25) is 0 Å². The first-order chi connectivity index (χ1) is 10.2. The van der Waals surface area contributed by atoms with E-state index in [1.807, 2.05) is 18.2 Å². The fraction of sp³-hybridized carbons (Fsp3) is 0.250. The Morgan fingerprint density at radius 3 is 2.86 bits per heavy atom. The van der Waals surface area contributed by atoms with E-state index in [0.29, 0.717) is 0 Å². The highest BCUT2D eigenvalue weighted by Gasteiger charge is 2.13. The van der Waals surface area contributed by atoms with Crippen molar-refractivity contribution < 1.29 is 0 Å². The van der Waals surface area contributed by atoms with Gasteiger partial charge in [0, 0.05) is 23.7 Å². The highest BCUT2D eigenvalue weighted by molar-refractivity contribution is 7.18. The zero-order valence-electron chi connectivity index (χ0n) is 12.2. The number of thiophene rings is 1. The minimum Gasteiger partial charge on any atom is -0.399 e. The van der Waals surface area contributed by atoms with Crippen LogP contribution in [0.15, 0.2) is 36.7 Å². The van der Waals surface area contributed by atoms with Crippen molar-refractivity contribution in [1.82, 2.24) is 9.97 Å². The summed E-state index contributed by atoms with van der Waals surface area (Å²) in [6.45, 7) is 5.92. The summed E-state index contributed by atoms with van der Waals surface area (Å²) in [7, 11) is 0. The summed E-state index contributed by atoms with van der Waals surface area (Å²) < 4.78 is 0. The minimum atomic E-state index is 0.794. The summed E-state index contributed by atoms with van der Waals surface area (Å²) in [5.74, 6) is 0.995. The van der Waals surface area contributed by atoms with E-state index in [2.05, 4.69) is 40.8 Å². The maximum Gasteiger partial charge on any atom is 0.141 e. The highest BCUT2D eigenvalue weighted by Crippen LogP contribution is 2.30. The Labute approximate surface area is 128 Å². The second kappa shape index (κ2) is 5.69.